The average molecular weight is 314 g/mol. The molecule has 0 heterocycles. The van der Waals surface area contributed by atoms with Gasteiger partial charge in [0.1, 0.15) is 0 Å². The SMILES string of the molecule is CC(C)CSc1ccc(CNC2CC2)c(Br)c1. The number of halogens is 1. The van der Waals surface area contributed by atoms with E-state index in [1.165, 1.54) is 33.5 Å². The standard InChI is InChI=1S/C14H20BrNS/c1-10(2)9-17-13-6-3-11(14(15)7-13)8-16-12-4-5-12/h3,6-7,10,12,16H,4-5,8-9H2,1-2H3. The van der Waals surface area contributed by atoms with Gasteiger partial charge in [0.2, 0.25) is 0 Å². The minimum atomic E-state index is 0.745. The van der Waals surface area contributed by atoms with E-state index in [4.69, 9.17) is 0 Å². The first-order valence-corrected chi connectivity index (χ1v) is 8.07. The third kappa shape index (κ3) is 4.65. The van der Waals surface area contributed by atoms with Gasteiger partial charge in [-0.25, -0.2) is 0 Å². The van der Waals surface area contributed by atoms with Crippen LogP contribution in [-0.4, -0.2) is 11.8 Å². The van der Waals surface area contributed by atoms with Crippen molar-refractivity contribution < 1.29 is 0 Å². The summed E-state index contributed by atoms with van der Waals surface area (Å²) in [4.78, 5) is 1.36. The van der Waals surface area contributed by atoms with Crippen LogP contribution in [0, 0.1) is 5.92 Å². The third-order valence-corrected chi connectivity index (χ3v) is 4.93. The zero-order valence-corrected chi connectivity index (χ0v) is 12.9. The number of hydrogen-bond acceptors (Lipinski definition) is 2. The summed E-state index contributed by atoms with van der Waals surface area (Å²) in [7, 11) is 0. The summed E-state index contributed by atoms with van der Waals surface area (Å²) < 4.78 is 1.24. The molecule has 1 fully saturated rings. The van der Waals surface area contributed by atoms with Crippen molar-refractivity contribution in [1.82, 2.24) is 5.32 Å². The summed E-state index contributed by atoms with van der Waals surface area (Å²) in [6.45, 7) is 5.51. The van der Waals surface area contributed by atoms with Crippen LogP contribution in [-0.2, 0) is 6.54 Å². The molecule has 0 atom stereocenters. The lowest BCUT2D eigenvalue weighted by atomic mass is 10.2. The van der Waals surface area contributed by atoms with Crippen molar-refractivity contribution >= 4 is 27.7 Å². The molecule has 2 rings (SSSR count). The highest BCUT2D eigenvalue weighted by molar-refractivity contribution is 9.10. The summed E-state index contributed by atoms with van der Waals surface area (Å²) >= 11 is 5.61. The molecule has 0 aliphatic heterocycles. The second-order valence-electron chi connectivity index (χ2n) is 5.11. The molecule has 0 aromatic heterocycles. The lowest BCUT2D eigenvalue weighted by molar-refractivity contribution is 0.685. The fourth-order valence-electron chi connectivity index (χ4n) is 1.57. The molecule has 0 bridgehead atoms. The summed E-state index contributed by atoms with van der Waals surface area (Å²) in [5.74, 6) is 1.93. The van der Waals surface area contributed by atoms with Crippen molar-refractivity contribution in [2.24, 2.45) is 5.92 Å². The molecular formula is C14H20BrNS. The average Bonchev–Trinajstić information content (AvgIpc) is 3.09. The highest BCUT2D eigenvalue weighted by Crippen LogP contribution is 2.27. The van der Waals surface area contributed by atoms with Gasteiger partial charge in [-0.05, 0) is 36.5 Å². The molecule has 0 unspecified atom stereocenters. The van der Waals surface area contributed by atoms with Crippen LogP contribution >= 0.6 is 27.7 Å². The predicted molar refractivity (Wildman–Crippen MR) is 79.6 cm³/mol. The van der Waals surface area contributed by atoms with E-state index >= 15 is 0 Å². The van der Waals surface area contributed by atoms with Crippen LogP contribution in [0.15, 0.2) is 27.6 Å². The Morgan fingerprint density at radius 3 is 2.76 bits per heavy atom. The first-order chi connectivity index (χ1) is 8.15. The van der Waals surface area contributed by atoms with Gasteiger partial charge < -0.3 is 5.32 Å². The number of nitrogens with one attached hydrogen (secondary N) is 1. The van der Waals surface area contributed by atoms with Gasteiger partial charge in [0.15, 0.2) is 0 Å². The highest BCUT2D eigenvalue weighted by atomic mass is 79.9. The van der Waals surface area contributed by atoms with Gasteiger partial charge in [0, 0.05) is 27.7 Å². The van der Waals surface area contributed by atoms with Crippen molar-refractivity contribution in [3.63, 3.8) is 0 Å². The van der Waals surface area contributed by atoms with E-state index in [9.17, 15) is 0 Å². The third-order valence-electron chi connectivity index (χ3n) is 2.77. The summed E-state index contributed by atoms with van der Waals surface area (Å²) in [6.07, 6.45) is 2.69. The maximum atomic E-state index is 3.67. The fourth-order valence-corrected chi connectivity index (χ4v) is 3.13. The first-order valence-electron chi connectivity index (χ1n) is 6.30. The molecule has 1 aromatic carbocycles. The van der Waals surface area contributed by atoms with Crippen LogP contribution in [0.2, 0.25) is 0 Å². The summed E-state index contributed by atoms with van der Waals surface area (Å²) in [5, 5.41) is 3.55. The van der Waals surface area contributed by atoms with Crippen molar-refractivity contribution in [2.45, 2.75) is 44.2 Å². The lowest BCUT2D eigenvalue weighted by Crippen LogP contribution is -2.15. The normalized spacial score (nSPS) is 15.5. The van der Waals surface area contributed by atoms with Crippen molar-refractivity contribution in [3.05, 3.63) is 28.2 Å². The molecule has 0 spiro atoms. The molecule has 0 amide bonds. The predicted octanol–water partition coefficient (Wildman–Crippen LogP) is 4.45. The van der Waals surface area contributed by atoms with Gasteiger partial charge in [0.05, 0.1) is 0 Å². The van der Waals surface area contributed by atoms with Crippen LogP contribution in [0.25, 0.3) is 0 Å². The van der Waals surface area contributed by atoms with E-state index < -0.39 is 0 Å². The van der Waals surface area contributed by atoms with Gasteiger partial charge in [-0.2, -0.15) is 0 Å². The van der Waals surface area contributed by atoms with Gasteiger partial charge in [0.25, 0.3) is 0 Å². The van der Waals surface area contributed by atoms with E-state index in [2.05, 4.69) is 53.3 Å². The monoisotopic (exact) mass is 313 g/mol. The fraction of sp³-hybridized carbons (Fsp3) is 0.571. The topological polar surface area (TPSA) is 12.0 Å². The summed E-state index contributed by atoms with van der Waals surface area (Å²) in [6, 6.07) is 7.50. The molecule has 1 aliphatic carbocycles. The van der Waals surface area contributed by atoms with Gasteiger partial charge in [-0.3, -0.25) is 0 Å². The van der Waals surface area contributed by atoms with Crippen LogP contribution in [0.4, 0.5) is 0 Å². The van der Waals surface area contributed by atoms with Crippen LogP contribution < -0.4 is 5.32 Å². The molecule has 1 N–H and O–H groups in total. The summed E-state index contributed by atoms with van der Waals surface area (Å²) in [5.41, 5.74) is 1.37. The molecule has 1 aliphatic rings. The second kappa shape index (κ2) is 6.26. The van der Waals surface area contributed by atoms with Crippen molar-refractivity contribution in [2.75, 3.05) is 5.75 Å². The molecule has 17 heavy (non-hydrogen) atoms. The van der Waals surface area contributed by atoms with Crippen molar-refractivity contribution in [1.29, 1.82) is 0 Å². The number of thioether (sulfide) groups is 1. The van der Waals surface area contributed by atoms with E-state index in [0.717, 1.165) is 18.5 Å². The molecular weight excluding hydrogens is 294 g/mol. The maximum absolute atomic E-state index is 3.67. The van der Waals surface area contributed by atoms with Crippen LogP contribution in [0.3, 0.4) is 0 Å². The highest BCUT2D eigenvalue weighted by Gasteiger charge is 2.20. The van der Waals surface area contributed by atoms with Gasteiger partial charge in [-0.1, -0.05) is 35.8 Å². The van der Waals surface area contributed by atoms with Crippen LogP contribution in [0.5, 0.6) is 0 Å². The zero-order valence-electron chi connectivity index (χ0n) is 10.5. The lowest BCUT2D eigenvalue weighted by Gasteiger charge is -2.09. The smallest absolute Gasteiger partial charge is 0.0231 e. The molecule has 94 valence electrons. The number of hydrogen-bond donors (Lipinski definition) is 1. The van der Waals surface area contributed by atoms with Crippen molar-refractivity contribution in [3.8, 4) is 0 Å². The molecule has 1 aromatic rings. The Balaban J connectivity index is 1.90. The Hall–Kier alpha value is 0.01000. The van der Waals surface area contributed by atoms with Gasteiger partial charge in [-0.15, -0.1) is 11.8 Å². The van der Waals surface area contributed by atoms with E-state index in [0.29, 0.717) is 0 Å². The van der Waals surface area contributed by atoms with Gasteiger partial charge >= 0.3 is 0 Å². The Morgan fingerprint density at radius 2 is 2.18 bits per heavy atom. The molecule has 3 heteroatoms. The number of rotatable bonds is 6. The molecule has 1 nitrogen and oxygen atoms in total. The van der Waals surface area contributed by atoms with Crippen LogP contribution in [0.1, 0.15) is 32.3 Å². The second-order valence-corrected chi connectivity index (χ2v) is 7.06. The Kier molecular flexibility index (Phi) is 4.95. The first kappa shape index (κ1) is 13.4. The Bertz CT molecular complexity index is 374. The Labute approximate surface area is 117 Å². The minimum absolute atomic E-state index is 0.745. The molecule has 0 radical (unpaired) electrons. The maximum Gasteiger partial charge on any atom is 0.0231 e. The van der Waals surface area contributed by atoms with E-state index in [1.807, 2.05) is 11.8 Å². The minimum Gasteiger partial charge on any atom is -0.310 e. The van der Waals surface area contributed by atoms with E-state index in [-0.39, 0.29) is 0 Å². The molecule has 1 saturated carbocycles. The largest absolute Gasteiger partial charge is 0.310 e. The quantitative estimate of drug-likeness (QED) is 0.779. The Morgan fingerprint density at radius 1 is 1.41 bits per heavy atom. The number of benzene rings is 1. The van der Waals surface area contributed by atoms with E-state index in [1.54, 1.807) is 0 Å². The molecule has 0 saturated heterocycles. The zero-order chi connectivity index (χ0) is 12.3.